The van der Waals surface area contributed by atoms with Gasteiger partial charge in [-0.05, 0) is 42.5 Å². The Morgan fingerprint density at radius 1 is 1.21 bits per heavy atom. The summed E-state index contributed by atoms with van der Waals surface area (Å²) in [5, 5.41) is 4.73. The van der Waals surface area contributed by atoms with E-state index < -0.39 is 0 Å². The van der Waals surface area contributed by atoms with Crippen LogP contribution in [0.15, 0.2) is 53.1 Å². The van der Waals surface area contributed by atoms with Gasteiger partial charge < -0.3 is 9.42 Å². The van der Waals surface area contributed by atoms with Crippen LogP contribution in [0.5, 0.6) is 0 Å². The average Bonchev–Trinajstić information content (AvgIpc) is 3.24. The van der Waals surface area contributed by atoms with Gasteiger partial charge >= 0.3 is 0 Å². The maximum absolute atomic E-state index is 12.8. The first kappa shape index (κ1) is 19.6. The predicted molar refractivity (Wildman–Crippen MR) is 113 cm³/mol. The summed E-state index contributed by atoms with van der Waals surface area (Å²) in [6, 6.07) is 15.3. The van der Waals surface area contributed by atoms with Crippen LogP contribution in [0.25, 0.3) is 11.4 Å². The van der Waals surface area contributed by atoms with Crippen LogP contribution in [0.3, 0.4) is 0 Å². The lowest BCUT2D eigenvalue weighted by Crippen LogP contribution is -2.39. The minimum Gasteiger partial charge on any atom is -0.339 e. The zero-order chi connectivity index (χ0) is 20.4. The van der Waals surface area contributed by atoms with Crippen molar-refractivity contribution in [1.29, 1.82) is 0 Å². The van der Waals surface area contributed by atoms with E-state index in [-0.39, 0.29) is 11.8 Å². The number of amides is 1. The molecule has 5 nitrogen and oxygen atoms in total. The van der Waals surface area contributed by atoms with E-state index in [0.717, 1.165) is 24.9 Å². The van der Waals surface area contributed by atoms with Gasteiger partial charge in [0.05, 0.1) is 5.92 Å². The third-order valence-electron chi connectivity index (χ3n) is 5.41. The third kappa shape index (κ3) is 4.35. The first-order valence-electron chi connectivity index (χ1n) is 10.00. The molecule has 150 valence electrons. The molecule has 4 rings (SSSR count). The lowest BCUT2D eigenvalue weighted by atomic mass is 9.97. The molecule has 1 fully saturated rings. The van der Waals surface area contributed by atoms with E-state index in [2.05, 4.69) is 36.1 Å². The number of benzene rings is 2. The van der Waals surface area contributed by atoms with Crippen LogP contribution < -0.4 is 0 Å². The Hall–Kier alpha value is -2.66. The second kappa shape index (κ2) is 8.37. The monoisotopic (exact) mass is 409 g/mol. The molecule has 29 heavy (non-hydrogen) atoms. The third-order valence-corrected chi connectivity index (χ3v) is 5.64. The van der Waals surface area contributed by atoms with E-state index in [0.29, 0.717) is 34.8 Å². The summed E-state index contributed by atoms with van der Waals surface area (Å²) in [4.78, 5) is 19.3. The quantitative estimate of drug-likeness (QED) is 0.568. The van der Waals surface area contributed by atoms with Crippen LogP contribution in [0.1, 0.15) is 60.3 Å². The maximum Gasteiger partial charge on any atom is 0.253 e. The Bertz CT molecular complexity index is 997. The Kier molecular flexibility index (Phi) is 5.67. The van der Waals surface area contributed by atoms with E-state index in [1.807, 2.05) is 17.0 Å². The fourth-order valence-electron chi connectivity index (χ4n) is 3.70. The smallest absolute Gasteiger partial charge is 0.253 e. The topological polar surface area (TPSA) is 59.2 Å². The summed E-state index contributed by atoms with van der Waals surface area (Å²) in [5.41, 5.74) is 2.82. The molecule has 1 amide bonds. The molecular weight excluding hydrogens is 386 g/mol. The Balaban J connectivity index is 1.48. The van der Waals surface area contributed by atoms with Crippen LogP contribution in [-0.4, -0.2) is 34.0 Å². The highest BCUT2D eigenvalue weighted by Crippen LogP contribution is 2.29. The van der Waals surface area contributed by atoms with Crippen LogP contribution in [0, 0.1) is 0 Å². The van der Waals surface area contributed by atoms with Gasteiger partial charge in [-0.1, -0.05) is 60.9 Å². The molecular formula is C23H24ClN3O2. The van der Waals surface area contributed by atoms with Crippen LogP contribution in [0.4, 0.5) is 0 Å². The number of hydrogen-bond donors (Lipinski definition) is 0. The molecule has 2 heterocycles. The second-order valence-electron chi connectivity index (χ2n) is 7.83. The van der Waals surface area contributed by atoms with Crippen molar-refractivity contribution in [3.05, 3.63) is 70.6 Å². The molecule has 1 atom stereocenters. The standard InChI is InChI=1S/C23H24ClN3O2/c1-15(2)16-8-10-17(11-9-16)21-25-22(29-26-21)19-6-4-12-27(14-19)23(28)18-5-3-7-20(24)13-18/h3,5,7-11,13,15,19H,4,6,12,14H2,1-2H3/t19-/m1/s1. The van der Waals surface area contributed by atoms with Crippen molar-refractivity contribution < 1.29 is 9.32 Å². The zero-order valence-corrected chi connectivity index (χ0v) is 17.4. The number of rotatable bonds is 4. The first-order valence-corrected chi connectivity index (χ1v) is 10.4. The molecule has 1 aliphatic rings. The van der Waals surface area contributed by atoms with Crippen molar-refractivity contribution in [3.8, 4) is 11.4 Å². The van der Waals surface area contributed by atoms with E-state index >= 15 is 0 Å². The number of nitrogens with zero attached hydrogens (tertiary/aromatic N) is 3. The molecule has 0 aliphatic carbocycles. The molecule has 0 radical (unpaired) electrons. The van der Waals surface area contributed by atoms with Gasteiger partial charge in [-0.3, -0.25) is 4.79 Å². The summed E-state index contributed by atoms with van der Waals surface area (Å²) in [7, 11) is 0. The van der Waals surface area contributed by atoms with Crippen molar-refractivity contribution in [3.63, 3.8) is 0 Å². The highest BCUT2D eigenvalue weighted by molar-refractivity contribution is 6.30. The summed E-state index contributed by atoms with van der Waals surface area (Å²) in [5.74, 6) is 1.70. The van der Waals surface area contributed by atoms with Crippen molar-refractivity contribution in [2.75, 3.05) is 13.1 Å². The second-order valence-corrected chi connectivity index (χ2v) is 8.27. The van der Waals surface area contributed by atoms with Gasteiger partial charge in [0.15, 0.2) is 0 Å². The molecule has 1 saturated heterocycles. The average molecular weight is 410 g/mol. The van der Waals surface area contributed by atoms with Crippen molar-refractivity contribution in [2.24, 2.45) is 0 Å². The molecule has 0 bridgehead atoms. The number of halogens is 1. The van der Waals surface area contributed by atoms with E-state index in [1.165, 1.54) is 5.56 Å². The van der Waals surface area contributed by atoms with E-state index in [4.69, 9.17) is 16.1 Å². The highest BCUT2D eigenvalue weighted by atomic mass is 35.5. The van der Waals surface area contributed by atoms with Gasteiger partial charge in [0.1, 0.15) is 0 Å². The fourth-order valence-corrected chi connectivity index (χ4v) is 3.89. The molecule has 3 aromatic rings. The Morgan fingerprint density at radius 3 is 2.72 bits per heavy atom. The van der Waals surface area contributed by atoms with E-state index in [1.54, 1.807) is 24.3 Å². The number of piperidine rings is 1. The van der Waals surface area contributed by atoms with Gasteiger partial charge in [-0.15, -0.1) is 0 Å². The highest BCUT2D eigenvalue weighted by Gasteiger charge is 2.29. The van der Waals surface area contributed by atoms with Crippen molar-refractivity contribution in [1.82, 2.24) is 15.0 Å². The minimum absolute atomic E-state index is 0.0128. The molecule has 0 unspecified atom stereocenters. The first-order chi connectivity index (χ1) is 14.0. The molecule has 2 aromatic carbocycles. The number of hydrogen-bond acceptors (Lipinski definition) is 4. The van der Waals surface area contributed by atoms with Crippen LogP contribution >= 0.6 is 11.6 Å². The summed E-state index contributed by atoms with van der Waals surface area (Å²) in [6.07, 6.45) is 1.82. The lowest BCUT2D eigenvalue weighted by Gasteiger charge is -2.31. The molecule has 0 N–H and O–H groups in total. The summed E-state index contributed by atoms with van der Waals surface area (Å²) >= 11 is 6.04. The molecule has 1 aliphatic heterocycles. The van der Waals surface area contributed by atoms with Crippen LogP contribution in [0.2, 0.25) is 5.02 Å². The number of carbonyl (C=O) groups excluding carboxylic acids is 1. The fraction of sp³-hybridized carbons (Fsp3) is 0.348. The Labute approximate surface area is 175 Å². The number of carbonyl (C=O) groups is 1. The lowest BCUT2D eigenvalue weighted by molar-refractivity contribution is 0.0695. The van der Waals surface area contributed by atoms with Gasteiger partial charge in [0.25, 0.3) is 5.91 Å². The largest absolute Gasteiger partial charge is 0.339 e. The minimum atomic E-state index is -0.0128. The molecule has 0 saturated carbocycles. The molecule has 6 heteroatoms. The van der Waals surface area contributed by atoms with Crippen LogP contribution in [-0.2, 0) is 0 Å². The van der Waals surface area contributed by atoms with Crippen molar-refractivity contribution in [2.45, 2.75) is 38.5 Å². The van der Waals surface area contributed by atoms with Gasteiger partial charge in [0, 0.05) is 29.2 Å². The molecule has 1 aromatic heterocycles. The Morgan fingerprint density at radius 2 is 2.00 bits per heavy atom. The van der Waals surface area contributed by atoms with Gasteiger partial charge in [-0.2, -0.15) is 4.98 Å². The molecule has 0 spiro atoms. The van der Waals surface area contributed by atoms with Gasteiger partial charge in [-0.25, -0.2) is 0 Å². The van der Waals surface area contributed by atoms with E-state index in [9.17, 15) is 4.79 Å². The normalized spacial score (nSPS) is 17.0. The SMILES string of the molecule is CC(C)c1ccc(-c2noc([C@@H]3CCCN(C(=O)c4cccc(Cl)c4)C3)n2)cc1. The number of aromatic nitrogens is 2. The van der Waals surface area contributed by atoms with Crippen molar-refractivity contribution >= 4 is 17.5 Å². The zero-order valence-electron chi connectivity index (χ0n) is 16.6. The summed E-state index contributed by atoms with van der Waals surface area (Å²) < 4.78 is 5.57. The van der Waals surface area contributed by atoms with Gasteiger partial charge in [0.2, 0.25) is 11.7 Å². The number of likely N-dealkylation sites (tertiary alicyclic amines) is 1. The summed E-state index contributed by atoms with van der Waals surface area (Å²) in [6.45, 7) is 5.63. The maximum atomic E-state index is 12.8. The predicted octanol–water partition coefficient (Wildman–Crippen LogP) is 5.53.